The van der Waals surface area contributed by atoms with E-state index in [2.05, 4.69) is 0 Å². The third-order valence-electron chi connectivity index (χ3n) is 3.40. The fraction of sp³-hybridized carbons (Fsp3) is 0.235. The zero-order chi connectivity index (χ0) is 17.6. The first-order valence-corrected chi connectivity index (χ1v) is 9.77. The summed E-state index contributed by atoms with van der Waals surface area (Å²) in [6, 6.07) is 15.6. The SMILES string of the molecule is CN(CCSc1ccc(CC(=O)O)cc1)S(=O)(=O)c1ccccc1. The number of carbonyl (C=O) groups is 1. The van der Waals surface area contributed by atoms with E-state index in [1.807, 2.05) is 12.1 Å². The van der Waals surface area contributed by atoms with E-state index in [1.165, 1.54) is 16.1 Å². The van der Waals surface area contributed by atoms with Crippen LogP contribution in [0.5, 0.6) is 0 Å². The molecular formula is C17H19NO4S2. The van der Waals surface area contributed by atoms with Gasteiger partial charge in [-0.15, -0.1) is 11.8 Å². The molecule has 24 heavy (non-hydrogen) atoms. The van der Waals surface area contributed by atoms with Crippen molar-refractivity contribution >= 4 is 27.8 Å². The van der Waals surface area contributed by atoms with Gasteiger partial charge in [-0.05, 0) is 29.8 Å². The van der Waals surface area contributed by atoms with E-state index in [9.17, 15) is 13.2 Å². The average Bonchev–Trinajstić information content (AvgIpc) is 2.56. The molecule has 128 valence electrons. The van der Waals surface area contributed by atoms with E-state index >= 15 is 0 Å². The monoisotopic (exact) mass is 365 g/mol. The minimum atomic E-state index is -3.46. The summed E-state index contributed by atoms with van der Waals surface area (Å²) < 4.78 is 26.1. The van der Waals surface area contributed by atoms with Crippen LogP contribution in [0.15, 0.2) is 64.4 Å². The van der Waals surface area contributed by atoms with E-state index in [1.54, 1.807) is 49.5 Å². The van der Waals surface area contributed by atoms with Crippen molar-refractivity contribution in [1.29, 1.82) is 0 Å². The molecule has 0 unspecified atom stereocenters. The summed E-state index contributed by atoms with van der Waals surface area (Å²) in [6.45, 7) is 0.388. The molecule has 0 amide bonds. The smallest absolute Gasteiger partial charge is 0.307 e. The van der Waals surface area contributed by atoms with Gasteiger partial charge in [0.05, 0.1) is 11.3 Å². The number of nitrogens with zero attached hydrogens (tertiary/aromatic N) is 1. The summed E-state index contributed by atoms with van der Waals surface area (Å²) >= 11 is 1.53. The van der Waals surface area contributed by atoms with Crippen LogP contribution in [0.4, 0.5) is 0 Å². The zero-order valence-electron chi connectivity index (χ0n) is 13.3. The predicted molar refractivity (Wildman–Crippen MR) is 94.8 cm³/mol. The van der Waals surface area contributed by atoms with Gasteiger partial charge in [0, 0.05) is 24.2 Å². The summed E-state index contributed by atoms with van der Waals surface area (Å²) in [5.74, 6) is -0.246. The molecule has 0 aromatic heterocycles. The summed E-state index contributed by atoms with van der Waals surface area (Å²) in [5, 5.41) is 8.74. The van der Waals surface area contributed by atoms with Crippen LogP contribution in [-0.2, 0) is 21.2 Å². The minimum absolute atomic E-state index is 0.00298. The van der Waals surface area contributed by atoms with Crippen molar-refractivity contribution in [1.82, 2.24) is 4.31 Å². The summed E-state index contributed by atoms with van der Waals surface area (Å²) in [4.78, 5) is 11.9. The molecule has 0 saturated heterocycles. The highest BCUT2D eigenvalue weighted by molar-refractivity contribution is 7.99. The molecule has 5 nitrogen and oxygen atoms in total. The van der Waals surface area contributed by atoms with Crippen LogP contribution in [0.25, 0.3) is 0 Å². The molecule has 2 aromatic carbocycles. The Morgan fingerprint density at radius 2 is 1.71 bits per heavy atom. The predicted octanol–water partition coefficient (Wildman–Crippen LogP) is 2.73. The largest absolute Gasteiger partial charge is 0.481 e. The van der Waals surface area contributed by atoms with Gasteiger partial charge in [-0.2, -0.15) is 0 Å². The van der Waals surface area contributed by atoms with Gasteiger partial charge in [-0.1, -0.05) is 30.3 Å². The van der Waals surface area contributed by atoms with Gasteiger partial charge in [0.1, 0.15) is 0 Å². The molecule has 0 aliphatic carbocycles. The Hall–Kier alpha value is -1.83. The number of rotatable bonds is 8. The Bertz CT molecular complexity index is 774. The maximum Gasteiger partial charge on any atom is 0.307 e. The van der Waals surface area contributed by atoms with E-state index in [0.29, 0.717) is 12.3 Å². The fourth-order valence-electron chi connectivity index (χ4n) is 2.06. The fourth-order valence-corrected chi connectivity index (χ4v) is 4.30. The molecule has 2 aromatic rings. The van der Waals surface area contributed by atoms with Crippen molar-refractivity contribution in [2.24, 2.45) is 0 Å². The molecule has 0 heterocycles. The summed E-state index contributed by atoms with van der Waals surface area (Å²) in [5.41, 5.74) is 0.746. The molecule has 7 heteroatoms. The lowest BCUT2D eigenvalue weighted by molar-refractivity contribution is -0.136. The maximum atomic E-state index is 12.4. The lowest BCUT2D eigenvalue weighted by atomic mass is 10.2. The molecule has 0 aliphatic heterocycles. The molecule has 0 fully saturated rings. The van der Waals surface area contributed by atoms with E-state index in [4.69, 9.17) is 5.11 Å². The Labute approximate surface area is 146 Å². The van der Waals surface area contributed by atoms with Crippen molar-refractivity contribution in [3.63, 3.8) is 0 Å². The molecule has 0 bridgehead atoms. The second-order valence-corrected chi connectivity index (χ2v) is 8.42. The Morgan fingerprint density at radius 3 is 2.29 bits per heavy atom. The number of aliphatic carboxylic acids is 1. The number of thioether (sulfide) groups is 1. The second kappa shape index (κ2) is 8.32. The van der Waals surface area contributed by atoms with Crippen LogP contribution in [0.2, 0.25) is 0 Å². The highest BCUT2D eigenvalue weighted by Gasteiger charge is 2.19. The number of sulfonamides is 1. The van der Waals surface area contributed by atoms with Gasteiger partial charge in [-0.3, -0.25) is 4.79 Å². The Balaban J connectivity index is 1.88. The van der Waals surface area contributed by atoms with Crippen LogP contribution in [0, 0.1) is 0 Å². The van der Waals surface area contributed by atoms with Gasteiger partial charge >= 0.3 is 5.97 Å². The highest BCUT2D eigenvalue weighted by Crippen LogP contribution is 2.20. The van der Waals surface area contributed by atoms with Gasteiger partial charge < -0.3 is 5.11 Å². The van der Waals surface area contributed by atoms with Crippen LogP contribution < -0.4 is 0 Å². The standard InChI is InChI=1S/C17H19NO4S2/c1-18(24(21,22)16-5-3-2-4-6-16)11-12-23-15-9-7-14(8-10-15)13-17(19)20/h2-10H,11-13H2,1H3,(H,19,20). The number of carboxylic acid groups (broad SMARTS) is 1. The maximum absolute atomic E-state index is 12.4. The van der Waals surface area contributed by atoms with E-state index < -0.39 is 16.0 Å². The first kappa shape index (κ1) is 18.5. The van der Waals surface area contributed by atoms with Crippen LogP contribution in [0.1, 0.15) is 5.56 Å². The third-order valence-corrected chi connectivity index (χ3v) is 6.27. The Morgan fingerprint density at radius 1 is 1.08 bits per heavy atom. The van der Waals surface area contributed by atoms with Gasteiger partial charge in [0.2, 0.25) is 10.0 Å². The minimum Gasteiger partial charge on any atom is -0.481 e. The number of hydrogen-bond acceptors (Lipinski definition) is 4. The van der Waals surface area contributed by atoms with E-state index in [0.717, 1.165) is 10.5 Å². The number of hydrogen-bond donors (Lipinski definition) is 1. The molecular weight excluding hydrogens is 346 g/mol. The molecule has 0 spiro atoms. The quantitative estimate of drug-likeness (QED) is 0.728. The average molecular weight is 365 g/mol. The normalized spacial score (nSPS) is 11.6. The van der Waals surface area contributed by atoms with Crippen LogP contribution >= 0.6 is 11.8 Å². The van der Waals surface area contributed by atoms with Crippen molar-refractivity contribution in [3.05, 3.63) is 60.2 Å². The molecule has 0 saturated carbocycles. The van der Waals surface area contributed by atoms with Crippen LogP contribution in [-0.4, -0.2) is 43.1 Å². The first-order chi connectivity index (χ1) is 11.4. The van der Waals surface area contributed by atoms with Gasteiger partial charge in [0.15, 0.2) is 0 Å². The van der Waals surface area contributed by atoms with Gasteiger partial charge in [-0.25, -0.2) is 12.7 Å². The summed E-state index contributed by atoms with van der Waals surface area (Å²) in [6.07, 6.45) is 0.00298. The lowest BCUT2D eigenvalue weighted by Crippen LogP contribution is -2.29. The summed E-state index contributed by atoms with van der Waals surface area (Å²) in [7, 11) is -1.89. The van der Waals surface area contributed by atoms with Crippen molar-refractivity contribution in [3.8, 4) is 0 Å². The Kier molecular flexibility index (Phi) is 6.42. The molecule has 0 aliphatic rings. The molecule has 1 N–H and O–H groups in total. The van der Waals surface area contributed by atoms with Crippen LogP contribution in [0.3, 0.4) is 0 Å². The van der Waals surface area contributed by atoms with Crippen molar-refractivity contribution in [2.75, 3.05) is 19.3 Å². The van der Waals surface area contributed by atoms with E-state index in [-0.39, 0.29) is 11.3 Å². The molecule has 0 radical (unpaired) electrons. The lowest BCUT2D eigenvalue weighted by Gasteiger charge is -2.16. The first-order valence-electron chi connectivity index (χ1n) is 7.34. The van der Waals surface area contributed by atoms with Crippen molar-refractivity contribution in [2.45, 2.75) is 16.2 Å². The van der Waals surface area contributed by atoms with Crippen molar-refractivity contribution < 1.29 is 18.3 Å². The topological polar surface area (TPSA) is 74.7 Å². The number of benzene rings is 2. The second-order valence-electron chi connectivity index (χ2n) is 5.20. The van der Waals surface area contributed by atoms with Gasteiger partial charge in [0.25, 0.3) is 0 Å². The number of carboxylic acids is 1. The molecule has 2 rings (SSSR count). The molecule has 0 atom stereocenters. The highest BCUT2D eigenvalue weighted by atomic mass is 32.2. The zero-order valence-corrected chi connectivity index (χ0v) is 14.9. The third kappa shape index (κ3) is 5.09.